The van der Waals surface area contributed by atoms with Gasteiger partial charge in [0, 0.05) is 18.5 Å². The van der Waals surface area contributed by atoms with E-state index >= 15 is 0 Å². The topological polar surface area (TPSA) is 78.4 Å². The molecule has 2 aliphatic carbocycles. The fourth-order valence-electron chi connectivity index (χ4n) is 2.96. The van der Waals surface area contributed by atoms with E-state index < -0.39 is 11.4 Å². The van der Waals surface area contributed by atoms with E-state index in [2.05, 4.69) is 22.8 Å². The Morgan fingerprint density at radius 1 is 1.24 bits per heavy atom. The van der Waals surface area contributed by atoms with Crippen molar-refractivity contribution < 1.29 is 14.7 Å². The lowest BCUT2D eigenvalue weighted by Crippen LogP contribution is -2.50. The van der Waals surface area contributed by atoms with Crippen LogP contribution in [-0.2, 0) is 4.79 Å². The predicted molar refractivity (Wildman–Crippen MR) is 78.0 cm³/mol. The lowest BCUT2D eigenvalue weighted by atomic mass is 9.69. The van der Waals surface area contributed by atoms with Crippen molar-refractivity contribution in [2.75, 3.05) is 6.54 Å². The van der Waals surface area contributed by atoms with Gasteiger partial charge in [-0.2, -0.15) is 0 Å². The molecular weight excluding hydrogens is 268 g/mol. The largest absolute Gasteiger partial charge is 0.481 e. The Kier molecular flexibility index (Phi) is 3.57. The van der Waals surface area contributed by atoms with Crippen LogP contribution in [0, 0.1) is 5.41 Å². The van der Waals surface area contributed by atoms with Gasteiger partial charge >= 0.3 is 12.0 Å². The highest BCUT2D eigenvalue weighted by Crippen LogP contribution is 2.41. The minimum Gasteiger partial charge on any atom is -0.481 e. The van der Waals surface area contributed by atoms with Gasteiger partial charge in [0.15, 0.2) is 0 Å². The molecule has 0 bridgehead atoms. The second-order valence-electron chi connectivity index (χ2n) is 6.13. The van der Waals surface area contributed by atoms with Gasteiger partial charge in [-0.05, 0) is 24.8 Å². The average Bonchev–Trinajstić information content (AvgIpc) is 3.17. The van der Waals surface area contributed by atoms with E-state index in [1.165, 1.54) is 5.56 Å². The normalized spacial score (nSPS) is 25.5. The first-order chi connectivity index (χ1) is 10.1. The molecule has 2 fully saturated rings. The molecule has 0 radical (unpaired) electrons. The highest BCUT2D eigenvalue weighted by molar-refractivity contribution is 5.79. The lowest BCUT2D eigenvalue weighted by Gasteiger charge is -2.37. The van der Waals surface area contributed by atoms with Gasteiger partial charge in [0.1, 0.15) is 0 Å². The van der Waals surface area contributed by atoms with Crippen LogP contribution < -0.4 is 10.6 Å². The van der Waals surface area contributed by atoms with Crippen molar-refractivity contribution in [1.82, 2.24) is 10.6 Å². The molecule has 2 atom stereocenters. The first-order valence-corrected chi connectivity index (χ1v) is 7.43. The van der Waals surface area contributed by atoms with Gasteiger partial charge in [-0.1, -0.05) is 36.8 Å². The number of hydrogen-bond donors (Lipinski definition) is 3. The number of carbonyl (C=O) groups excluding carboxylic acids is 1. The predicted octanol–water partition coefficient (Wildman–Crippen LogP) is 2.10. The number of hydrogen-bond acceptors (Lipinski definition) is 2. The van der Waals surface area contributed by atoms with E-state index in [0.717, 1.165) is 12.8 Å². The molecule has 21 heavy (non-hydrogen) atoms. The average molecular weight is 288 g/mol. The molecular formula is C16H20N2O3. The number of amides is 2. The Labute approximate surface area is 123 Å². The molecule has 3 rings (SSSR count). The maximum atomic E-state index is 11.9. The number of nitrogens with one attached hydrogen (secondary N) is 2. The number of aliphatic carboxylic acids is 1. The standard InChI is InChI=1S/C16H20N2O3/c19-14(20)16(7-4-8-16)10-17-15(21)18-13-9-12(13)11-5-2-1-3-6-11/h1-3,5-6,12-13H,4,7-10H2,(H,19,20)(H2,17,18,21). The highest BCUT2D eigenvalue weighted by Gasteiger charge is 2.45. The van der Waals surface area contributed by atoms with Gasteiger partial charge in [0.25, 0.3) is 0 Å². The van der Waals surface area contributed by atoms with Crippen molar-refractivity contribution in [1.29, 1.82) is 0 Å². The zero-order chi connectivity index (χ0) is 14.9. The molecule has 1 aromatic carbocycles. The van der Waals surface area contributed by atoms with Crippen LogP contribution in [0.5, 0.6) is 0 Å². The van der Waals surface area contributed by atoms with Gasteiger partial charge in [0.05, 0.1) is 5.41 Å². The van der Waals surface area contributed by atoms with Crippen LogP contribution in [0.3, 0.4) is 0 Å². The molecule has 112 valence electrons. The SMILES string of the molecule is O=C(NCC1(C(=O)O)CCC1)NC1CC1c1ccccc1. The van der Waals surface area contributed by atoms with Gasteiger partial charge < -0.3 is 15.7 Å². The van der Waals surface area contributed by atoms with Crippen LogP contribution in [-0.4, -0.2) is 29.7 Å². The van der Waals surface area contributed by atoms with Gasteiger partial charge in [-0.15, -0.1) is 0 Å². The summed E-state index contributed by atoms with van der Waals surface area (Å²) in [4.78, 5) is 23.1. The van der Waals surface area contributed by atoms with Crippen molar-refractivity contribution in [3.63, 3.8) is 0 Å². The Hall–Kier alpha value is -2.04. The maximum Gasteiger partial charge on any atom is 0.315 e. The lowest BCUT2D eigenvalue weighted by molar-refractivity contribution is -0.153. The summed E-state index contributed by atoms with van der Waals surface area (Å²) in [7, 11) is 0. The second kappa shape index (κ2) is 5.39. The minimum atomic E-state index is -0.803. The van der Waals surface area contributed by atoms with Crippen LogP contribution in [0.15, 0.2) is 30.3 Å². The highest BCUT2D eigenvalue weighted by atomic mass is 16.4. The number of benzene rings is 1. The summed E-state index contributed by atoms with van der Waals surface area (Å²) in [6, 6.07) is 10.0. The molecule has 0 saturated heterocycles. The van der Waals surface area contributed by atoms with Crippen molar-refractivity contribution in [2.45, 2.75) is 37.6 Å². The Balaban J connectivity index is 1.45. The van der Waals surface area contributed by atoms with Crippen molar-refractivity contribution in [2.24, 2.45) is 5.41 Å². The van der Waals surface area contributed by atoms with E-state index in [0.29, 0.717) is 18.8 Å². The van der Waals surface area contributed by atoms with E-state index in [4.69, 9.17) is 0 Å². The first-order valence-electron chi connectivity index (χ1n) is 7.43. The van der Waals surface area contributed by atoms with Crippen LogP contribution >= 0.6 is 0 Å². The van der Waals surface area contributed by atoms with Gasteiger partial charge in [-0.25, -0.2) is 4.79 Å². The number of rotatable bonds is 5. The Bertz CT molecular complexity index is 540. The van der Waals surface area contributed by atoms with Crippen molar-refractivity contribution in [3.05, 3.63) is 35.9 Å². The monoisotopic (exact) mass is 288 g/mol. The van der Waals surface area contributed by atoms with E-state index in [1.807, 2.05) is 18.2 Å². The van der Waals surface area contributed by atoms with E-state index in [-0.39, 0.29) is 18.6 Å². The Morgan fingerprint density at radius 2 is 1.95 bits per heavy atom. The number of urea groups is 1. The van der Waals surface area contributed by atoms with Crippen LogP contribution in [0.2, 0.25) is 0 Å². The molecule has 5 heteroatoms. The van der Waals surface area contributed by atoms with E-state index in [9.17, 15) is 14.7 Å². The second-order valence-corrected chi connectivity index (χ2v) is 6.13. The van der Waals surface area contributed by atoms with Crippen molar-refractivity contribution in [3.8, 4) is 0 Å². The quantitative estimate of drug-likeness (QED) is 0.776. The van der Waals surface area contributed by atoms with Crippen LogP contribution in [0.25, 0.3) is 0 Å². The first kappa shape index (κ1) is 13.9. The summed E-state index contributed by atoms with van der Waals surface area (Å²) >= 11 is 0. The van der Waals surface area contributed by atoms with Crippen LogP contribution in [0.1, 0.15) is 37.2 Å². The summed E-state index contributed by atoms with van der Waals surface area (Å²) in [5, 5.41) is 14.8. The minimum absolute atomic E-state index is 0.162. The smallest absolute Gasteiger partial charge is 0.315 e. The molecule has 0 aliphatic heterocycles. The summed E-state index contributed by atoms with van der Waals surface area (Å²) in [6.45, 7) is 0.219. The molecule has 0 aromatic heterocycles. The van der Waals surface area contributed by atoms with Gasteiger partial charge in [0.2, 0.25) is 0 Å². The number of carbonyl (C=O) groups is 2. The summed E-state index contributed by atoms with van der Waals surface area (Å²) < 4.78 is 0. The van der Waals surface area contributed by atoms with Crippen LogP contribution in [0.4, 0.5) is 4.79 Å². The molecule has 0 heterocycles. The molecule has 2 amide bonds. The fourth-order valence-corrected chi connectivity index (χ4v) is 2.96. The third kappa shape index (κ3) is 2.86. The summed E-state index contributed by atoms with van der Waals surface area (Å²) in [6.07, 6.45) is 3.17. The zero-order valence-corrected chi connectivity index (χ0v) is 11.8. The molecule has 2 aliphatic rings. The molecule has 2 saturated carbocycles. The summed E-state index contributed by atoms with van der Waals surface area (Å²) in [5.74, 6) is -0.420. The van der Waals surface area contributed by atoms with E-state index in [1.54, 1.807) is 0 Å². The summed E-state index contributed by atoms with van der Waals surface area (Å²) in [5.41, 5.74) is 0.503. The van der Waals surface area contributed by atoms with Crippen molar-refractivity contribution >= 4 is 12.0 Å². The molecule has 1 aromatic rings. The fraction of sp³-hybridized carbons (Fsp3) is 0.500. The third-order valence-corrected chi connectivity index (χ3v) is 4.69. The molecule has 5 nitrogen and oxygen atoms in total. The third-order valence-electron chi connectivity index (χ3n) is 4.69. The van der Waals surface area contributed by atoms with Gasteiger partial charge in [-0.3, -0.25) is 4.79 Å². The molecule has 2 unspecified atom stereocenters. The molecule has 3 N–H and O–H groups in total. The maximum absolute atomic E-state index is 11.9. The number of carboxylic acid groups (broad SMARTS) is 1. The Morgan fingerprint density at radius 3 is 2.52 bits per heavy atom. The number of carboxylic acids is 1. The zero-order valence-electron chi connectivity index (χ0n) is 11.8. The molecule has 0 spiro atoms.